The molecule has 0 bridgehead atoms. The largest absolute Gasteiger partial charge is 0.490 e. The maximum Gasteiger partial charge on any atom is 0.242 e. The Bertz CT molecular complexity index is 763. The summed E-state index contributed by atoms with van der Waals surface area (Å²) in [5, 5.41) is 9.49. The van der Waals surface area contributed by atoms with E-state index in [4.69, 9.17) is 14.2 Å². The van der Waals surface area contributed by atoms with Crippen molar-refractivity contribution in [1.82, 2.24) is 10.6 Å². The van der Waals surface area contributed by atoms with Gasteiger partial charge >= 0.3 is 0 Å². The third-order valence-electron chi connectivity index (χ3n) is 4.71. The molecule has 0 unspecified atom stereocenters. The number of benzene rings is 1. The van der Waals surface area contributed by atoms with Crippen LogP contribution in [0, 0.1) is 5.92 Å². The number of ether oxygens (including phenoxy) is 3. The van der Waals surface area contributed by atoms with Crippen molar-refractivity contribution in [2.75, 3.05) is 44.8 Å². The third-order valence-corrected chi connectivity index (χ3v) is 4.71. The number of halogens is 1. The van der Waals surface area contributed by atoms with Crippen LogP contribution in [0.3, 0.4) is 0 Å². The molecule has 1 aromatic rings. The summed E-state index contributed by atoms with van der Waals surface area (Å²) in [6.45, 7) is 9.44. The van der Waals surface area contributed by atoms with Crippen LogP contribution in [0.1, 0.15) is 46.5 Å². The molecule has 1 saturated carbocycles. The average molecular weight is 560 g/mol. The monoisotopic (exact) mass is 560 g/mol. The zero-order valence-electron chi connectivity index (χ0n) is 19.4. The zero-order chi connectivity index (χ0) is 22.1. The van der Waals surface area contributed by atoms with Crippen LogP contribution in [0.5, 0.6) is 11.5 Å². The fourth-order valence-corrected chi connectivity index (χ4v) is 3.04. The summed E-state index contributed by atoms with van der Waals surface area (Å²) in [5.74, 6) is 2.64. The van der Waals surface area contributed by atoms with Crippen molar-refractivity contribution in [2.24, 2.45) is 10.9 Å². The van der Waals surface area contributed by atoms with Gasteiger partial charge in [0.05, 0.1) is 13.2 Å². The van der Waals surface area contributed by atoms with Crippen LogP contribution < -0.4 is 25.4 Å². The molecule has 0 saturated heterocycles. The number of hydrogen-bond donors (Lipinski definition) is 3. The van der Waals surface area contributed by atoms with E-state index in [-0.39, 0.29) is 42.0 Å². The summed E-state index contributed by atoms with van der Waals surface area (Å²) in [4.78, 5) is 16.7. The van der Waals surface area contributed by atoms with Crippen molar-refractivity contribution in [2.45, 2.75) is 52.0 Å². The molecule has 1 aliphatic heterocycles. The van der Waals surface area contributed by atoms with Crippen LogP contribution in [-0.2, 0) is 9.53 Å². The van der Waals surface area contributed by atoms with E-state index >= 15 is 0 Å². The summed E-state index contributed by atoms with van der Waals surface area (Å²) in [6.07, 6.45) is 4.32. The van der Waals surface area contributed by atoms with Gasteiger partial charge in [-0.25, -0.2) is 4.99 Å². The number of guanidine groups is 1. The van der Waals surface area contributed by atoms with Gasteiger partial charge in [-0.1, -0.05) is 0 Å². The number of nitrogens with zero attached hydrogens (tertiary/aromatic N) is 1. The van der Waals surface area contributed by atoms with Gasteiger partial charge in [-0.15, -0.1) is 24.0 Å². The molecule has 3 N–H and O–H groups in total. The first-order valence-corrected chi connectivity index (χ1v) is 11.2. The number of nitrogens with one attached hydrogen (secondary N) is 3. The van der Waals surface area contributed by atoms with Crippen molar-refractivity contribution in [3.8, 4) is 11.5 Å². The summed E-state index contributed by atoms with van der Waals surface area (Å²) in [5.41, 5.74) is 0.526. The number of hydrogen-bond acceptors (Lipinski definition) is 5. The quantitative estimate of drug-likeness (QED) is 0.185. The van der Waals surface area contributed by atoms with E-state index in [0.717, 1.165) is 36.8 Å². The molecule has 1 heterocycles. The SMILES string of the molecule is CC(C)(C)NC(=O)CN=C(NCCCOCC1CC1)Nc1ccc2c(c1)OCCCO2.I. The number of fused-ring (bicyclic) bond motifs is 1. The predicted octanol–water partition coefficient (Wildman–Crippen LogP) is 3.55. The molecule has 3 rings (SSSR count). The van der Waals surface area contributed by atoms with Crippen LogP contribution in [0.4, 0.5) is 5.69 Å². The Labute approximate surface area is 208 Å². The predicted molar refractivity (Wildman–Crippen MR) is 137 cm³/mol. The smallest absolute Gasteiger partial charge is 0.242 e. The van der Waals surface area contributed by atoms with Gasteiger partial charge in [0, 0.05) is 43.5 Å². The lowest BCUT2D eigenvalue weighted by atomic mass is 10.1. The number of anilines is 1. The maximum absolute atomic E-state index is 12.2. The number of carbonyl (C=O) groups is 1. The van der Waals surface area contributed by atoms with Gasteiger partial charge in [-0.3, -0.25) is 4.79 Å². The van der Waals surface area contributed by atoms with E-state index in [9.17, 15) is 4.79 Å². The van der Waals surface area contributed by atoms with Crippen LogP contribution in [0.2, 0.25) is 0 Å². The molecule has 0 radical (unpaired) electrons. The highest BCUT2D eigenvalue weighted by Crippen LogP contribution is 2.32. The first-order chi connectivity index (χ1) is 14.9. The minimum absolute atomic E-state index is 0. The second-order valence-electron chi connectivity index (χ2n) is 9.10. The van der Waals surface area contributed by atoms with E-state index < -0.39 is 0 Å². The topological polar surface area (TPSA) is 93.2 Å². The zero-order valence-corrected chi connectivity index (χ0v) is 21.7. The van der Waals surface area contributed by atoms with Crippen LogP contribution in [0.15, 0.2) is 23.2 Å². The molecule has 0 spiro atoms. The van der Waals surface area contributed by atoms with Gasteiger partial charge in [0.1, 0.15) is 6.54 Å². The second kappa shape index (κ2) is 13.1. The Morgan fingerprint density at radius 3 is 2.66 bits per heavy atom. The van der Waals surface area contributed by atoms with Crippen molar-refractivity contribution in [3.05, 3.63) is 18.2 Å². The highest BCUT2D eigenvalue weighted by molar-refractivity contribution is 14.0. The normalized spacial score (nSPS) is 15.9. The molecular weight excluding hydrogens is 523 g/mol. The summed E-state index contributed by atoms with van der Waals surface area (Å²) in [7, 11) is 0. The molecule has 1 fully saturated rings. The Morgan fingerprint density at radius 2 is 1.94 bits per heavy atom. The van der Waals surface area contributed by atoms with E-state index in [1.54, 1.807) is 0 Å². The lowest BCUT2D eigenvalue weighted by Crippen LogP contribution is -2.42. The van der Waals surface area contributed by atoms with Gasteiger partial charge in [0.15, 0.2) is 17.5 Å². The molecule has 1 amide bonds. The molecule has 1 aromatic carbocycles. The lowest BCUT2D eigenvalue weighted by Gasteiger charge is -2.20. The minimum atomic E-state index is -0.291. The number of aliphatic imine (C=N–C) groups is 1. The number of rotatable bonds is 9. The maximum atomic E-state index is 12.2. The van der Waals surface area contributed by atoms with E-state index in [2.05, 4.69) is 20.9 Å². The van der Waals surface area contributed by atoms with Crippen molar-refractivity contribution in [1.29, 1.82) is 0 Å². The Kier molecular flexibility index (Phi) is 10.8. The third kappa shape index (κ3) is 10.2. The van der Waals surface area contributed by atoms with E-state index in [1.165, 1.54) is 12.8 Å². The fourth-order valence-electron chi connectivity index (χ4n) is 3.04. The van der Waals surface area contributed by atoms with Crippen LogP contribution in [0.25, 0.3) is 0 Å². The molecule has 2 aliphatic rings. The van der Waals surface area contributed by atoms with Gasteiger partial charge in [0.25, 0.3) is 0 Å². The Morgan fingerprint density at radius 1 is 1.19 bits per heavy atom. The first-order valence-electron chi connectivity index (χ1n) is 11.2. The Hall–Kier alpha value is -1.75. The van der Waals surface area contributed by atoms with Crippen molar-refractivity contribution in [3.63, 3.8) is 0 Å². The van der Waals surface area contributed by atoms with Gasteiger partial charge in [-0.05, 0) is 58.1 Å². The number of amides is 1. The van der Waals surface area contributed by atoms with Gasteiger partial charge < -0.3 is 30.2 Å². The molecule has 180 valence electrons. The molecular formula is C23H37IN4O4. The summed E-state index contributed by atoms with van der Waals surface area (Å²) < 4.78 is 17.1. The van der Waals surface area contributed by atoms with Crippen LogP contribution in [-0.4, -0.2) is 56.9 Å². The highest BCUT2D eigenvalue weighted by atomic mass is 127. The Balaban J connectivity index is 0.00000363. The molecule has 0 aromatic heterocycles. The van der Waals surface area contributed by atoms with Gasteiger partial charge in [-0.2, -0.15) is 0 Å². The molecule has 8 nitrogen and oxygen atoms in total. The van der Waals surface area contributed by atoms with E-state index in [1.807, 2.05) is 39.0 Å². The molecule has 1 aliphatic carbocycles. The highest BCUT2D eigenvalue weighted by Gasteiger charge is 2.20. The minimum Gasteiger partial charge on any atom is -0.490 e. The standard InChI is InChI=1S/C23H36N4O4.HI/c1-23(2,3)27-21(28)15-25-22(24-10-4-11-29-16-17-6-7-17)26-18-8-9-19-20(14-18)31-13-5-12-30-19;/h8-9,14,17H,4-7,10-13,15-16H2,1-3H3,(H,27,28)(H2,24,25,26);1H. The van der Waals surface area contributed by atoms with Crippen LogP contribution >= 0.6 is 24.0 Å². The summed E-state index contributed by atoms with van der Waals surface area (Å²) >= 11 is 0. The van der Waals surface area contributed by atoms with E-state index in [0.29, 0.717) is 38.1 Å². The summed E-state index contributed by atoms with van der Waals surface area (Å²) in [6, 6.07) is 5.70. The van der Waals surface area contributed by atoms with Gasteiger partial charge in [0.2, 0.25) is 5.91 Å². The van der Waals surface area contributed by atoms with Crippen molar-refractivity contribution < 1.29 is 19.0 Å². The molecule has 0 atom stereocenters. The van der Waals surface area contributed by atoms with Crippen molar-refractivity contribution >= 4 is 41.5 Å². The lowest BCUT2D eigenvalue weighted by molar-refractivity contribution is -0.121. The number of carbonyl (C=O) groups excluding carboxylic acids is 1. The molecule has 32 heavy (non-hydrogen) atoms. The average Bonchev–Trinajstić information content (AvgIpc) is 3.54. The first kappa shape index (κ1) is 26.5. The second-order valence-corrected chi connectivity index (χ2v) is 9.10. The fraction of sp³-hybridized carbons (Fsp3) is 0.652. The molecule has 9 heteroatoms.